The average Bonchev–Trinajstić information content (AvgIpc) is 2.89. The van der Waals surface area contributed by atoms with E-state index in [9.17, 15) is 22.4 Å². The molecule has 0 spiro atoms. The second-order valence-corrected chi connectivity index (χ2v) is 8.71. The van der Waals surface area contributed by atoms with Gasteiger partial charge in [-0.15, -0.1) is 0 Å². The molecule has 3 aliphatic rings. The zero-order chi connectivity index (χ0) is 20.1. The van der Waals surface area contributed by atoms with Crippen LogP contribution in [0.1, 0.15) is 87.3 Å². The summed E-state index contributed by atoms with van der Waals surface area (Å²) in [4.78, 5) is 12.4. The number of halogens is 4. The highest BCUT2D eigenvalue weighted by Gasteiger charge is 2.71. The summed E-state index contributed by atoms with van der Waals surface area (Å²) in [6.07, 6.45) is 7.39. The number of amides is 1. The van der Waals surface area contributed by atoms with Crippen LogP contribution in [0.2, 0.25) is 0 Å². The van der Waals surface area contributed by atoms with E-state index in [1.807, 2.05) is 11.7 Å². The van der Waals surface area contributed by atoms with Crippen LogP contribution < -0.4 is 5.32 Å². The Kier molecular flexibility index (Phi) is 4.94. The highest BCUT2D eigenvalue weighted by atomic mass is 19.3. The van der Waals surface area contributed by atoms with Crippen LogP contribution in [-0.4, -0.2) is 27.5 Å². The lowest BCUT2D eigenvalue weighted by molar-refractivity contribution is -0.313. The van der Waals surface area contributed by atoms with E-state index in [0.717, 1.165) is 43.4 Å². The van der Waals surface area contributed by atoms with Crippen molar-refractivity contribution in [3.63, 3.8) is 0 Å². The summed E-state index contributed by atoms with van der Waals surface area (Å²) in [5.41, 5.74) is 2.19. The van der Waals surface area contributed by atoms with Gasteiger partial charge in [-0.1, -0.05) is 25.7 Å². The minimum atomic E-state index is -4.11. The standard InChI is InChI=1S/C20H27F4N3O/c1-27-17(13-6-3-2-4-7-13)16(12-8-5-9-12)18(26-27)25-15(28)10-14-11-19(21,22)20(14,23)24/h12-14H,2-11H2,1H3,(H,25,26,28)/t14-/m0/s1. The molecule has 0 aliphatic heterocycles. The fourth-order valence-electron chi connectivity index (χ4n) is 4.95. The summed E-state index contributed by atoms with van der Waals surface area (Å²) in [7, 11) is 1.86. The van der Waals surface area contributed by atoms with E-state index in [0.29, 0.717) is 17.7 Å². The van der Waals surface area contributed by atoms with Gasteiger partial charge in [-0.2, -0.15) is 22.7 Å². The summed E-state index contributed by atoms with van der Waals surface area (Å²) in [5.74, 6) is -9.22. The molecule has 1 heterocycles. The van der Waals surface area contributed by atoms with Crippen LogP contribution in [0.3, 0.4) is 0 Å². The molecule has 1 N–H and O–H groups in total. The second kappa shape index (κ2) is 7.02. The highest BCUT2D eigenvalue weighted by molar-refractivity contribution is 5.91. The number of nitrogens with zero attached hydrogens (tertiary/aromatic N) is 2. The van der Waals surface area contributed by atoms with E-state index in [1.165, 1.54) is 19.3 Å². The molecule has 156 valence electrons. The zero-order valence-corrected chi connectivity index (χ0v) is 16.1. The third-order valence-electron chi connectivity index (χ3n) is 6.83. The van der Waals surface area contributed by atoms with Crippen LogP contribution in [0.5, 0.6) is 0 Å². The molecule has 4 nitrogen and oxygen atoms in total. The molecule has 3 aliphatic carbocycles. The average molecular weight is 401 g/mol. The maximum absolute atomic E-state index is 13.5. The van der Waals surface area contributed by atoms with Crippen molar-refractivity contribution in [3.8, 4) is 0 Å². The van der Waals surface area contributed by atoms with Crippen LogP contribution in [0.25, 0.3) is 0 Å². The number of hydrogen-bond acceptors (Lipinski definition) is 2. The van der Waals surface area contributed by atoms with Gasteiger partial charge in [0.1, 0.15) is 0 Å². The van der Waals surface area contributed by atoms with Gasteiger partial charge in [0.15, 0.2) is 5.82 Å². The Balaban J connectivity index is 1.52. The van der Waals surface area contributed by atoms with Gasteiger partial charge < -0.3 is 5.32 Å². The SMILES string of the molecule is Cn1nc(NC(=O)C[C@H]2CC(F)(F)C2(F)F)c(C2CCC2)c1C1CCCCC1. The molecule has 0 bridgehead atoms. The number of carbonyl (C=O) groups excluding carboxylic acids is 1. The third kappa shape index (κ3) is 3.22. The van der Waals surface area contributed by atoms with Crippen LogP contribution >= 0.6 is 0 Å². The van der Waals surface area contributed by atoms with Gasteiger partial charge in [0, 0.05) is 43.0 Å². The number of carbonyl (C=O) groups is 1. The fraction of sp³-hybridized carbons (Fsp3) is 0.800. The molecule has 8 heteroatoms. The van der Waals surface area contributed by atoms with Gasteiger partial charge in [-0.05, 0) is 31.6 Å². The van der Waals surface area contributed by atoms with Gasteiger partial charge in [-0.3, -0.25) is 9.48 Å². The Morgan fingerprint density at radius 3 is 2.25 bits per heavy atom. The van der Waals surface area contributed by atoms with Gasteiger partial charge in [0.25, 0.3) is 0 Å². The summed E-state index contributed by atoms with van der Waals surface area (Å²) in [5, 5.41) is 7.17. The highest BCUT2D eigenvalue weighted by Crippen LogP contribution is 2.56. The topological polar surface area (TPSA) is 46.9 Å². The first-order chi connectivity index (χ1) is 13.2. The molecule has 3 fully saturated rings. The number of aryl methyl sites for hydroxylation is 1. The van der Waals surface area contributed by atoms with Gasteiger partial charge in [0.2, 0.25) is 5.91 Å². The van der Waals surface area contributed by atoms with E-state index in [1.54, 1.807) is 0 Å². The summed E-state index contributed by atoms with van der Waals surface area (Å²) in [6.45, 7) is 0. The molecule has 1 aromatic rings. The smallest absolute Gasteiger partial charge is 0.309 e. The van der Waals surface area contributed by atoms with Crippen molar-refractivity contribution in [2.24, 2.45) is 13.0 Å². The molecule has 1 atom stereocenters. The maximum Gasteiger partial charge on any atom is 0.313 e. The van der Waals surface area contributed by atoms with E-state index in [4.69, 9.17) is 0 Å². The van der Waals surface area contributed by atoms with Crippen LogP contribution in [0.15, 0.2) is 0 Å². The van der Waals surface area contributed by atoms with Crippen molar-refractivity contribution in [1.82, 2.24) is 9.78 Å². The Morgan fingerprint density at radius 1 is 1.07 bits per heavy atom. The van der Waals surface area contributed by atoms with Gasteiger partial charge in [0.05, 0.1) is 0 Å². The van der Waals surface area contributed by atoms with Crippen LogP contribution in [-0.2, 0) is 11.8 Å². The minimum Gasteiger partial charge on any atom is -0.309 e. The number of hydrogen-bond donors (Lipinski definition) is 1. The van der Waals surface area contributed by atoms with Crippen molar-refractivity contribution in [2.75, 3.05) is 5.32 Å². The molecular weight excluding hydrogens is 374 g/mol. The lowest BCUT2D eigenvalue weighted by Crippen LogP contribution is -2.59. The first-order valence-corrected chi connectivity index (χ1v) is 10.3. The van der Waals surface area contributed by atoms with E-state index >= 15 is 0 Å². The molecule has 0 unspecified atom stereocenters. The second-order valence-electron chi connectivity index (χ2n) is 8.71. The largest absolute Gasteiger partial charge is 0.313 e. The predicted octanol–water partition coefficient (Wildman–Crippen LogP) is 5.35. The molecule has 1 aromatic heterocycles. The minimum absolute atomic E-state index is 0.329. The fourth-order valence-corrected chi connectivity index (χ4v) is 4.95. The lowest BCUT2D eigenvalue weighted by atomic mass is 9.74. The van der Waals surface area contributed by atoms with Crippen molar-refractivity contribution < 1.29 is 22.4 Å². The third-order valence-corrected chi connectivity index (χ3v) is 6.83. The Labute approximate surface area is 162 Å². The quantitative estimate of drug-likeness (QED) is 0.676. The molecule has 4 rings (SSSR count). The summed E-state index contributed by atoms with van der Waals surface area (Å²) in [6, 6.07) is 0. The number of alkyl halides is 4. The summed E-state index contributed by atoms with van der Waals surface area (Å²) < 4.78 is 54.9. The Bertz CT molecular complexity index is 751. The molecule has 3 saturated carbocycles. The first kappa shape index (κ1) is 19.7. The molecule has 28 heavy (non-hydrogen) atoms. The zero-order valence-electron chi connectivity index (χ0n) is 16.1. The number of nitrogens with one attached hydrogen (secondary N) is 1. The van der Waals surface area contributed by atoms with E-state index < -0.39 is 36.5 Å². The molecule has 0 aromatic carbocycles. The van der Waals surface area contributed by atoms with E-state index in [-0.39, 0.29) is 0 Å². The monoisotopic (exact) mass is 401 g/mol. The van der Waals surface area contributed by atoms with Crippen molar-refractivity contribution in [1.29, 1.82) is 0 Å². The normalized spacial score (nSPS) is 27.1. The molecule has 0 saturated heterocycles. The van der Waals surface area contributed by atoms with Gasteiger partial charge in [-0.25, -0.2) is 0 Å². The number of aromatic nitrogens is 2. The van der Waals surface area contributed by atoms with Crippen molar-refractivity contribution in [2.45, 2.75) is 87.9 Å². The Hall–Kier alpha value is -1.60. The first-order valence-electron chi connectivity index (χ1n) is 10.3. The maximum atomic E-state index is 13.5. The lowest BCUT2D eigenvalue weighted by Gasteiger charge is -2.43. The van der Waals surface area contributed by atoms with Gasteiger partial charge >= 0.3 is 11.8 Å². The van der Waals surface area contributed by atoms with Crippen molar-refractivity contribution >= 4 is 11.7 Å². The summed E-state index contributed by atoms with van der Waals surface area (Å²) >= 11 is 0. The Morgan fingerprint density at radius 2 is 1.71 bits per heavy atom. The van der Waals surface area contributed by atoms with E-state index in [2.05, 4.69) is 10.4 Å². The van der Waals surface area contributed by atoms with Crippen LogP contribution in [0.4, 0.5) is 23.4 Å². The van der Waals surface area contributed by atoms with Crippen LogP contribution in [0, 0.1) is 5.92 Å². The number of rotatable bonds is 5. The molecule has 0 radical (unpaired) electrons. The molecular formula is C20H27F4N3O. The number of anilines is 1. The van der Waals surface area contributed by atoms with Crippen molar-refractivity contribution in [3.05, 3.63) is 11.3 Å². The predicted molar refractivity (Wildman–Crippen MR) is 96.9 cm³/mol. The molecule has 1 amide bonds.